The number of nitroso groups, excluding NO2 is 1. The van der Waals surface area contributed by atoms with Gasteiger partial charge in [-0.25, -0.2) is 0 Å². The Balaban J connectivity index is 1.94. The van der Waals surface area contributed by atoms with E-state index in [2.05, 4.69) is 32.9 Å². The highest BCUT2D eigenvalue weighted by Crippen LogP contribution is 2.65. The predicted octanol–water partition coefficient (Wildman–Crippen LogP) is 4.21. The summed E-state index contributed by atoms with van der Waals surface area (Å²) in [7, 11) is 0. The molecule has 3 fully saturated rings. The van der Waals surface area contributed by atoms with Crippen LogP contribution in [0.4, 0.5) is 0 Å². The van der Waals surface area contributed by atoms with E-state index < -0.39 is 12.1 Å². The topological polar surface area (TPSA) is 102 Å². The SMILES string of the molecule is CC(O)[C@@H]1CC(CC2(C)C(C)CCC3(C)C(C)CCC[C@@]32N)C(N)C(N=O)C1. The summed E-state index contributed by atoms with van der Waals surface area (Å²) in [6.07, 6.45) is 7.92. The molecule has 0 aromatic rings. The average Bonchev–Trinajstić information content (AvgIpc) is 2.64. The molecule has 0 bridgehead atoms. The summed E-state index contributed by atoms with van der Waals surface area (Å²) in [4.78, 5) is 11.5. The third kappa shape index (κ3) is 3.16. The lowest BCUT2D eigenvalue weighted by Crippen LogP contribution is -2.72. The Morgan fingerprint density at radius 3 is 2.43 bits per heavy atom. The Hall–Kier alpha value is -0.520. The molecule has 3 aliphatic carbocycles. The molecule has 0 saturated heterocycles. The van der Waals surface area contributed by atoms with E-state index >= 15 is 0 Å². The molecular weight excluding hydrogens is 350 g/mol. The molecule has 5 heteroatoms. The molecule has 0 aromatic carbocycles. The van der Waals surface area contributed by atoms with Gasteiger partial charge in [-0.15, -0.1) is 0 Å². The van der Waals surface area contributed by atoms with E-state index in [1.807, 2.05) is 6.92 Å². The zero-order valence-electron chi connectivity index (χ0n) is 18.7. The zero-order valence-corrected chi connectivity index (χ0v) is 18.7. The van der Waals surface area contributed by atoms with E-state index in [4.69, 9.17) is 11.5 Å². The summed E-state index contributed by atoms with van der Waals surface area (Å²) in [5, 5.41) is 13.6. The van der Waals surface area contributed by atoms with E-state index in [1.54, 1.807) is 0 Å². The summed E-state index contributed by atoms with van der Waals surface area (Å²) in [5.74, 6) is 1.44. The highest BCUT2D eigenvalue weighted by molar-refractivity contribution is 5.18. The van der Waals surface area contributed by atoms with Crippen molar-refractivity contribution < 1.29 is 5.11 Å². The van der Waals surface area contributed by atoms with E-state index in [9.17, 15) is 10.0 Å². The molecule has 0 heterocycles. The van der Waals surface area contributed by atoms with Crippen LogP contribution in [0.15, 0.2) is 5.18 Å². The Morgan fingerprint density at radius 1 is 1.14 bits per heavy atom. The fourth-order valence-corrected chi connectivity index (χ4v) is 7.49. The van der Waals surface area contributed by atoms with Gasteiger partial charge in [0.25, 0.3) is 0 Å². The number of nitrogens with zero attached hydrogens (tertiary/aromatic N) is 1. The quantitative estimate of drug-likeness (QED) is 0.623. The van der Waals surface area contributed by atoms with Crippen molar-refractivity contribution in [1.29, 1.82) is 0 Å². The van der Waals surface area contributed by atoms with Gasteiger partial charge in [0.2, 0.25) is 0 Å². The van der Waals surface area contributed by atoms with Gasteiger partial charge in [-0.05, 0) is 80.0 Å². The van der Waals surface area contributed by atoms with E-state index in [0.29, 0.717) is 18.3 Å². The molecule has 3 rings (SSSR count). The highest BCUT2D eigenvalue weighted by Gasteiger charge is 2.64. The number of aliphatic hydroxyl groups is 1. The van der Waals surface area contributed by atoms with Crippen LogP contribution in [0.25, 0.3) is 0 Å². The minimum absolute atomic E-state index is 0.0228. The number of fused-ring (bicyclic) bond motifs is 1. The first kappa shape index (κ1) is 22.2. The Labute approximate surface area is 171 Å². The van der Waals surface area contributed by atoms with Crippen LogP contribution in [0.3, 0.4) is 0 Å². The van der Waals surface area contributed by atoms with Crippen molar-refractivity contribution in [2.24, 2.45) is 51.1 Å². The van der Waals surface area contributed by atoms with Crippen LogP contribution in [0.5, 0.6) is 0 Å². The second kappa shape index (κ2) is 7.63. The second-order valence-corrected chi connectivity index (χ2v) is 11.2. The van der Waals surface area contributed by atoms with Crippen molar-refractivity contribution >= 4 is 0 Å². The van der Waals surface area contributed by atoms with Crippen LogP contribution in [-0.2, 0) is 0 Å². The molecule has 3 aliphatic rings. The standard InChI is InChI=1S/C23H43N3O2/c1-14-7-6-9-23(25)21(14,4)10-8-15(2)22(23,5)13-18-11-17(16(3)27)12-19(26-28)20(18)24/h14-20,27H,6-13,24-25H2,1-5H3/t14?,15?,16?,17-,18?,19?,20?,21?,22?,23-/m1/s1. The van der Waals surface area contributed by atoms with Gasteiger partial charge in [-0.2, -0.15) is 4.91 Å². The van der Waals surface area contributed by atoms with E-state index in [-0.39, 0.29) is 34.2 Å². The van der Waals surface area contributed by atoms with Gasteiger partial charge in [0.05, 0.1) is 6.10 Å². The highest BCUT2D eigenvalue weighted by atomic mass is 16.3. The van der Waals surface area contributed by atoms with Crippen molar-refractivity contribution in [3.05, 3.63) is 4.91 Å². The monoisotopic (exact) mass is 393 g/mol. The molecule has 5 N–H and O–H groups in total. The molecule has 8 unspecified atom stereocenters. The zero-order chi connectivity index (χ0) is 20.9. The fourth-order valence-electron chi connectivity index (χ4n) is 7.49. The summed E-state index contributed by atoms with van der Waals surface area (Å²) in [6.45, 7) is 11.4. The van der Waals surface area contributed by atoms with Crippen LogP contribution in [0.1, 0.15) is 86.0 Å². The molecule has 5 nitrogen and oxygen atoms in total. The second-order valence-electron chi connectivity index (χ2n) is 11.2. The number of nitrogens with two attached hydrogens (primary N) is 2. The third-order valence-electron chi connectivity index (χ3n) is 10.2. The van der Waals surface area contributed by atoms with Gasteiger partial charge < -0.3 is 16.6 Å². The first-order chi connectivity index (χ1) is 13.0. The van der Waals surface area contributed by atoms with Crippen LogP contribution in [0.2, 0.25) is 0 Å². The molecule has 0 radical (unpaired) electrons. The van der Waals surface area contributed by atoms with Crippen molar-refractivity contribution in [3.63, 3.8) is 0 Å². The van der Waals surface area contributed by atoms with Gasteiger partial charge in [-0.1, -0.05) is 45.7 Å². The lowest BCUT2D eigenvalue weighted by Gasteiger charge is -2.67. The van der Waals surface area contributed by atoms with Crippen LogP contribution < -0.4 is 11.5 Å². The largest absolute Gasteiger partial charge is 0.393 e. The molecule has 10 atom stereocenters. The van der Waals surface area contributed by atoms with Crippen molar-refractivity contribution in [2.75, 3.05) is 0 Å². The van der Waals surface area contributed by atoms with Crippen LogP contribution >= 0.6 is 0 Å². The maximum absolute atomic E-state index is 11.5. The number of hydrogen-bond donors (Lipinski definition) is 3. The Morgan fingerprint density at radius 2 is 1.82 bits per heavy atom. The number of rotatable bonds is 4. The Bertz CT molecular complexity index is 584. The van der Waals surface area contributed by atoms with Crippen molar-refractivity contribution in [1.82, 2.24) is 0 Å². The Kier molecular flexibility index (Phi) is 6.04. The van der Waals surface area contributed by atoms with Gasteiger partial charge >= 0.3 is 0 Å². The van der Waals surface area contributed by atoms with Gasteiger partial charge in [0.15, 0.2) is 0 Å². The minimum Gasteiger partial charge on any atom is -0.393 e. The smallest absolute Gasteiger partial charge is 0.108 e. The van der Waals surface area contributed by atoms with Gasteiger partial charge in [0, 0.05) is 11.6 Å². The van der Waals surface area contributed by atoms with Gasteiger partial charge in [-0.3, -0.25) is 0 Å². The first-order valence-electron chi connectivity index (χ1n) is 11.5. The number of aliphatic hydroxyl groups excluding tert-OH is 1. The van der Waals surface area contributed by atoms with Gasteiger partial charge in [0.1, 0.15) is 6.04 Å². The third-order valence-corrected chi connectivity index (χ3v) is 10.2. The maximum atomic E-state index is 11.5. The van der Waals surface area contributed by atoms with Crippen LogP contribution in [-0.4, -0.2) is 28.8 Å². The van der Waals surface area contributed by atoms with E-state index in [1.165, 1.54) is 25.7 Å². The molecule has 0 aliphatic heterocycles. The molecule has 0 aromatic heterocycles. The summed E-state index contributed by atoms with van der Waals surface area (Å²) in [6, 6.07) is -0.624. The van der Waals surface area contributed by atoms with E-state index in [0.717, 1.165) is 19.3 Å². The first-order valence-corrected chi connectivity index (χ1v) is 11.5. The molecule has 162 valence electrons. The molecular formula is C23H43N3O2. The normalized spacial score (nSPS) is 53.3. The minimum atomic E-state index is -0.428. The number of hydrogen-bond acceptors (Lipinski definition) is 5. The lowest BCUT2D eigenvalue weighted by molar-refractivity contribution is -0.139. The maximum Gasteiger partial charge on any atom is 0.108 e. The average molecular weight is 394 g/mol. The summed E-state index contributed by atoms with van der Waals surface area (Å²) in [5.41, 5.74) is 13.9. The molecule has 0 amide bonds. The van der Waals surface area contributed by atoms with Crippen molar-refractivity contribution in [3.8, 4) is 0 Å². The summed E-state index contributed by atoms with van der Waals surface area (Å²) < 4.78 is 0. The molecule has 28 heavy (non-hydrogen) atoms. The van der Waals surface area contributed by atoms with Crippen molar-refractivity contribution in [2.45, 2.75) is 110 Å². The predicted molar refractivity (Wildman–Crippen MR) is 115 cm³/mol. The molecule has 0 spiro atoms. The van der Waals surface area contributed by atoms with Crippen LogP contribution in [0, 0.1) is 39.4 Å². The molecule has 3 saturated carbocycles. The fraction of sp³-hybridized carbons (Fsp3) is 1.00. The lowest BCUT2D eigenvalue weighted by atomic mass is 9.40. The summed E-state index contributed by atoms with van der Waals surface area (Å²) >= 11 is 0.